The zero-order chi connectivity index (χ0) is 17.5. The monoisotopic (exact) mass is 334 g/mol. The smallest absolute Gasteiger partial charge is 0.306 e. The molecule has 1 N–H and O–H groups in total. The van der Waals surface area contributed by atoms with Gasteiger partial charge in [-0.15, -0.1) is 0 Å². The average Bonchev–Trinajstić information content (AvgIpc) is 2.65. The molecule has 0 saturated carbocycles. The van der Waals surface area contributed by atoms with Crippen LogP contribution in [0.15, 0.2) is 72.8 Å². The lowest BCUT2D eigenvalue weighted by atomic mass is 9.92. The summed E-state index contributed by atoms with van der Waals surface area (Å²) in [7, 11) is 0. The molecule has 3 aromatic carbocycles. The van der Waals surface area contributed by atoms with Gasteiger partial charge < -0.3 is 9.84 Å². The molecule has 0 fully saturated rings. The summed E-state index contributed by atoms with van der Waals surface area (Å²) in [6.07, 6.45) is 1.87. The van der Waals surface area contributed by atoms with Gasteiger partial charge in [-0.25, -0.2) is 0 Å². The van der Waals surface area contributed by atoms with Crippen LogP contribution in [0.25, 0.3) is 10.8 Å². The first-order chi connectivity index (χ1) is 12.2. The van der Waals surface area contributed by atoms with Gasteiger partial charge in [0.1, 0.15) is 5.75 Å². The van der Waals surface area contributed by atoms with Crippen LogP contribution in [0.4, 0.5) is 0 Å². The van der Waals surface area contributed by atoms with Gasteiger partial charge >= 0.3 is 5.97 Å². The molecule has 0 amide bonds. The van der Waals surface area contributed by atoms with Gasteiger partial charge in [0.25, 0.3) is 0 Å². The maximum absolute atomic E-state index is 11.7. The van der Waals surface area contributed by atoms with Gasteiger partial charge in [0.05, 0.1) is 12.5 Å². The third kappa shape index (κ3) is 4.60. The van der Waals surface area contributed by atoms with Gasteiger partial charge in [0.2, 0.25) is 0 Å². The Balaban J connectivity index is 1.60. The number of benzene rings is 3. The van der Waals surface area contributed by atoms with E-state index in [1.165, 1.54) is 0 Å². The van der Waals surface area contributed by atoms with E-state index in [1.807, 2.05) is 54.6 Å². The Morgan fingerprint density at radius 3 is 2.44 bits per heavy atom. The Morgan fingerprint density at radius 2 is 1.64 bits per heavy atom. The Labute approximate surface area is 147 Å². The third-order valence-corrected chi connectivity index (χ3v) is 4.40. The summed E-state index contributed by atoms with van der Waals surface area (Å²) in [6.45, 7) is 0.531. The molecule has 3 nitrogen and oxygen atoms in total. The molecule has 1 unspecified atom stereocenters. The van der Waals surface area contributed by atoms with Crippen molar-refractivity contribution < 1.29 is 14.6 Å². The van der Waals surface area contributed by atoms with Gasteiger partial charge in [0, 0.05) is 0 Å². The summed E-state index contributed by atoms with van der Waals surface area (Å²) in [5.41, 5.74) is 1.09. The van der Waals surface area contributed by atoms with E-state index >= 15 is 0 Å². The highest BCUT2D eigenvalue weighted by Crippen LogP contribution is 2.23. The van der Waals surface area contributed by atoms with Crippen LogP contribution < -0.4 is 4.74 Å². The summed E-state index contributed by atoms with van der Waals surface area (Å²) in [6, 6.07) is 23.8. The molecule has 25 heavy (non-hydrogen) atoms. The predicted molar refractivity (Wildman–Crippen MR) is 99.9 cm³/mol. The summed E-state index contributed by atoms with van der Waals surface area (Å²) in [4.78, 5) is 11.7. The minimum Gasteiger partial charge on any atom is -0.494 e. The third-order valence-electron chi connectivity index (χ3n) is 4.40. The second kappa shape index (κ2) is 8.34. The Bertz CT molecular complexity index is 822. The number of hydrogen-bond acceptors (Lipinski definition) is 2. The first-order valence-electron chi connectivity index (χ1n) is 8.61. The lowest BCUT2D eigenvalue weighted by Crippen LogP contribution is -2.17. The van der Waals surface area contributed by atoms with Crippen LogP contribution in [0.3, 0.4) is 0 Å². The fraction of sp³-hybridized carbons (Fsp3) is 0.227. The van der Waals surface area contributed by atoms with Crippen LogP contribution in [-0.2, 0) is 11.2 Å². The largest absolute Gasteiger partial charge is 0.494 e. The molecule has 0 heterocycles. The van der Waals surface area contributed by atoms with Crippen LogP contribution in [0.2, 0.25) is 0 Å². The number of rotatable bonds is 8. The molecule has 0 spiro atoms. The Kier molecular flexibility index (Phi) is 5.68. The number of para-hydroxylation sites is 1. The second-order valence-corrected chi connectivity index (χ2v) is 6.18. The van der Waals surface area contributed by atoms with E-state index < -0.39 is 11.9 Å². The van der Waals surface area contributed by atoms with Crippen molar-refractivity contribution in [2.45, 2.75) is 19.3 Å². The molecule has 3 heteroatoms. The van der Waals surface area contributed by atoms with Crippen molar-refractivity contribution in [2.24, 2.45) is 5.92 Å². The Hall–Kier alpha value is -2.81. The maximum Gasteiger partial charge on any atom is 0.306 e. The SMILES string of the molecule is O=C(O)C(CCCOc1ccccc1)Cc1cccc2ccccc12. The van der Waals surface area contributed by atoms with Crippen LogP contribution in [0, 0.1) is 5.92 Å². The van der Waals surface area contributed by atoms with Gasteiger partial charge in [-0.3, -0.25) is 4.79 Å². The number of ether oxygens (including phenoxy) is 1. The minimum absolute atomic E-state index is 0.398. The van der Waals surface area contributed by atoms with Gasteiger partial charge in [-0.05, 0) is 47.7 Å². The van der Waals surface area contributed by atoms with E-state index in [0.717, 1.165) is 28.5 Å². The highest BCUT2D eigenvalue weighted by atomic mass is 16.5. The van der Waals surface area contributed by atoms with Gasteiger partial charge in [0.15, 0.2) is 0 Å². The van der Waals surface area contributed by atoms with Crippen molar-refractivity contribution in [3.63, 3.8) is 0 Å². The lowest BCUT2D eigenvalue weighted by Gasteiger charge is -2.14. The van der Waals surface area contributed by atoms with E-state index in [9.17, 15) is 9.90 Å². The number of carbonyl (C=O) groups is 1. The van der Waals surface area contributed by atoms with Crippen LogP contribution >= 0.6 is 0 Å². The van der Waals surface area contributed by atoms with Gasteiger partial charge in [-0.2, -0.15) is 0 Å². The highest BCUT2D eigenvalue weighted by Gasteiger charge is 2.18. The summed E-state index contributed by atoms with van der Waals surface area (Å²) < 4.78 is 5.66. The molecule has 0 aromatic heterocycles. The predicted octanol–water partition coefficient (Wildman–Crippen LogP) is 4.94. The standard InChI is InChI=1S/C22H22O3/c23-22(24)19(11-7-15-25-20-12-2-1-3-13-20)16-18-10-6-9-17-8-4-5-14-21(17)18/h1-6,8-10,12-14,19H,7,11,15-16H2,(H,23,24). The number of carboxylic acid groups (broad SMARTS) is 1. The van der Waals surface area contributed by atoms with Crippen molar-refractivity contribution in [2.75, 3.05) is 6.61 Å². The van der Waals surface area contributed by atoms with Crippen molar-refractivity contribution in [1.29, 1.82) is 0 Å². The quantitative estimate of drug-likeness (QED) is 0.593. The van der Waals surface area contributed by atoms with E-state index in [-0.39, 0.29) is 0 Å². The highest BCUT2D eigenvalue weighted by molar-refractivity contribution is 5.86. The first kappa shape index (κ1) is 17.0. The minimum atomic E-state index is -0.743. The zero-order valence-electron chi connectivity index (χ0n) is 14.1. The average molecular weight is 334 g/mol. The molecular weight excluding hydrogens is 312 g/mol. The molecule has 0 aliphatic rings. The molecule has 3 aromatic rings. The number of aliphatic carboxylic acids is 1. The molecule has 0 radical (unpaired) electrons. The Morgan fingerprint density at radius 1 is 0.920 bits per heavy atom. The molecule has 128 valence electrons. The molecular formula is C22H22O3. The molecule has 0 aliphatic heterocycles. The molecule has 0 aliphatic carbocycles. The lowest BCUT2D eigenvalue weighted by molar-refractivity contribution is -0.142. The van der Waals surface area contributed by atoms with Crippen molar-refractivity contribution in [3.05, 3.63) is 78.4 Å². The van der Waals surface area contributed by atoms with E-state index in [4.69, 9.17) is 4.74 Å². The van der Waals surface area contributed by atoms with E-state index in [2.05, 4.69) is 18.2 Å². The topological polar surface area (TPSA) is 46.5 Å². The zero-order valence-corrected chi connectivity index (χ0v) is 14.1. The fourth-order valence-electron chi connectivity index (χ4n) is 3.09. The van der Waals surface area contributed by atoms with E-state index in [0.29, 0.717) is 19.4 Å². The number of hydrogen-bond donors (Lipinski definition) is 1. The fourth-order valence-corrected chi connectivity index (χ4v) is 3.09. The van der Waals surface area contributed by atoms with Crippen LogP contribution in [-0.4, -0.2) is 17.7 Å². The van der Waals surface area contributed by atoms with Gasteiger partial charge in [-0.1, -0.05) is 60.7 Å². The normalized spacial score (nSPS) is 12.0. The van der Waals surface area contributed by atoms with Crippen molar-refractivity contribution in [3.8, 4) is 5.75 Å². The number of carboxylic acids is 1. The summed E-state index contributed by atoms with van der Waals surface area (Å²) in [5.74, 6) is -0.318. The molecule has 0 saturated heterocycles. The van der Waals surface area contributed by atoms with Crippen molar-refractivity contribution >= 4 is 16.7 Å². The van der Waals surface area contributed by atoms with E-state index in [1.54, 1.807) is 0 Å². The first-order valence-corrected chi connectivity index (χ1v) is 8.61. The summed E-state index contributed by atoms with van der Waals surface area (Å²) in [5, 5.41) is 11.9. The maximum atomic E-state index is 11.7. The molecule has 3 rings (SSSR count). The van der Waals surface area contributed by atoms with Crippen LogP contribution in [0.5, 0.6) is 5.75 Å². The number of fused-ring (bicyclic) bond motifs is 1. The molecule has 0 bridgehead atoms. The summed E-state index contributed by atoms with van der Waals surface area (Å²) >= 11 is 0. The van der Waals surface area contributed by atoms with Crippen LogP contribution in [0.1, 0.15) is 18.4 Å². The van der Waals surface area contributed by atoms with Crippen molar-refractivity contribution in [1.82, 2.24) is 0 Å². The molecule has 1 atom stereocenters. The second-order valence-electron chi connectivity index (χ2n) is 6.18.